The number of ether oxygens (including phenoxy) is 3. The number of benzene rings is 2. The molecule has 0 saturated carbocycles. The maximum Gasteiger partial charge on any atom is 0.254 e. The quantitative estimate of drug-likeness (QED) is 0.652. The van der Waals surface area contributed by atoms with E-state index in [-0.39, 0.29) is 35.0 Å². The zero-order valence-electron chi connectivity index (χ0n) is 18.0. The number of halogens is 1. The minimum Gasteiger partial charge on any atom is -0.486 e. The average Bonchev–Trinajstić information content (AvgIpc) is 3.34. The Balaban J connectivity index is 1.42. The number of carbonyl (C=O) groups excluding carboxylic acids is 1. The van der Waals surface area contributed by atoms with Gasteiger partial charge in [0, 0.05) is 25.2 Å². The normalized spacial score (nSPS) is 21.2. The van der Waals surface area contributed by atoms with E-state index in [4.69, 9.17) is 25.8 Å². The first-order chi connectivity index (χ1) is 15.9. The van der Waals surface area contributed by atoms with Crippen molar-refractivity contribution in [2.45, 2.75) is 23.8 Å². The Labute approximate surface area is 198 Å². The lowest BCUT2D eigenvalue weighted by molar-refractivity contribution is 0.0727. The van der Waals surface area contributed by atoms with E-state index in [9.17, 15) is 13.2 Å². The van der Waals surface area contributed by atoms with Crippen LogP contribution in [0.5, 0.6) is 11.5 Å². The van der Waals surface area contributed by atoms with E-state index in [0.29, 0.717) is 50.0 Å². The van der Waals surface area contributed by atoms with E-state index in [1.807, 2.05) is 18.2 Å². The van der Waals surface area contributed by atoms with Crippen LogP contribution in [0.15, 0.2) is 41.3 Å². The molecule has 3 heterocycles. The van der Waals surface area contributed by atoms with Gasteiger partial charge in [-0.3, -0.25) is 4.79 Å². The number of likely N-dealkylation sites (tertiary alicyclic amines) is 1. The van der Waals surface area contributed by atoms with E-state index in [1.165, 1.54) is 16.4 Å². The zero-order chi connectivity index (χ0) is 23.0. The fraction of sp³-hybridized carbons (Fsp3) is 0.435. The predicted molar refractivity (Wildman–Crippen MR) is 121 cm³/mol. The highest BCUT2D eigenvalue weighted by Gasteiger charge is 2.33. The van der Waals surface area contributed by atoms with Crippen molar-refractivity contribution in [3.8, 4) is 11.5 Å². The van der Waals surface area contributed by atoms with Crippen LogP contribution in [0.4, 0.5) is 0 Å². The molecule has 0 aliphatic carbocycles. The maximum atomic E-state index is 13.5. The average molecular weight is 493 g/mol. The van der Waals surface area contributed by atoms with Gasteiger partial charge in [0.2, 0.25) is 10.0 Å². The summed E-state index contributed by atoms with van der Waals surface area (Å²) in [6, 6.07) is 10.1. The van der Waals surface area contributed by atoms with E-state index in [0.717, 1.165) is 18.4 Å². The van der Waals surface area contributed by atoms with Crippen LogP contribution < -0.4 is 9.47 Å². The lowest BCUT2D eigenvalue weighted by Gasteiger charge is -2.28. The maximum absolute atomic E-state index is 13.5. The molecule has 0 N–H and O–H groups in total. The highest BCUT2D eigenvalue weighted by Crippen LogP contribution is 2.39. The molecule has 0 spiro atoms. The highest BCUT2D eigenvalue weighted by atomic mass is 35.5. The number of hydrogen-bond acceptors (Lipinski definition) is 6. The summed E-state index contributed by atoms with van der Waals surface area (Å²) in [7, 11) is -3.83. The molecule has 2 aromatic rings. The van der Waals surface area contributed by atoms with Gasteiger partial charge in [0.25, 0.3) is 5.91 Å². The third-order valence-corrected chi connectivity index (χ3v) is 8.61. The summed E-state index contributed by atoms with van der Waals surface area (Å²) in [5.74, 6) is 1.17. The van der Waals surface area contributed by atoms with E-state index < -0.39 is 10.0 Å². The van der Waals surface area contributed by atoms with Crippen molar-refractivity contribution in [1.29, 1.82) is 0 Å². The van der Waals surface area contributed by atoms with Gasteiger partial charge in [0.15, 0.2) is 11.5 Å². The fourth-order valence-corrected chi connectivity index (χ4v) is 6.46. The molecule has 3 aliphatic heterocycles. The largest absolute Gasteiger partial charge is 0.486 e. The van der Waals surface area contributed by atoms with Gasteiger partial charge in [-0.25, -0.2) is 8.42 Å². The zero-order valence-corrected chi connectivity index (χ0v) is 19.6. The van der Waals surface area contributed by atoms with Gasteiger partial charge in [0.05, 0.1) is 24.3 Å². The number of carbonyl (C=O) groups is 1. The van der Waals surface area contributed by atoms with Crippen molar-refractivity contribution in [1.82, 2.24) is 9.21 Å². The molecule has 10 heteroatoms. The second-order valence-electron chi connectivity index (χ2n) is 8.22. The number of fused-ring (bicyclic) bond motifs is 1. The Bertz CT molecular complexity index is 1170. The van der Waals surface area contributed by atoms with Gasteiger partial charge in [-0.15, -0.1) is 0 Å². The van der Waals surface area contributed by atoms with Gasteiger partial charge < -0.3 is 19.1 Å². The minimum atomic E-state index is -3.83. The Morgan fingerprint density at radius 3 is 2.48 bits per heavy atom. The van der Waals surface area contributed by atoms with Gasteiger partial charge in [-0.05, 0) is 48.7 Å². The number of sulfonamides is 1. The van der Waals surface area contributed by atoms with Gasteiger partial charge in [-0.1, -0.05) is 17.7 Å². The van der Waals surface area contributed by atoms with Crippen molar-refractivity contribution in [2.24, 2.45) is 0 Å². The number of rotatable bonds is 4. The lowest BCUT2D eigenvalue weighted by atomic mass is 10.0. The summed E-state index contributed by atoms with van der Waals surface area (Å²) >= 11 is 6.27. The summed E-state index contributed by atoms with van der Waals surface area (Å²) in [6.07, 6.45) is 1.68. The summed E-state index contributed by atoms with van der Waals surface area (Å²) in [5, 5.41) is 0.0999. The van der Waals surface area contributed by atoms with Crippen molar-refractivity contribution < 1.29 is 27.4 Å². The molecule has 0 aromatic heterocycles. The van der Waals surface area contributed by atoms with Crippen LogP contribution in [0.25, 0.3) is 0 Å². The first-order valence-electron chi connectivity index (χ1n) is 11.0. The van der Waals surface area contributed by atoms with E-state index >= 15 is 0 Å². The topological polar surface area (TPSA) is 85.4 Å². The summed E-state index contributed by atoms with van der Waals surface area (Å²) < 4.78 is 44.2. The first kappa shape index (κ1) is 22.5. The second-order valence-corrected chi connectivity index (χ2v) is 10.5. The molecule has 5 rings (SSSR count). The van der Waals surface area contributed by atoms with Gasteiger partial charge in [0.1, 0.15) is 18.1 Å². The fourth-order valence-electron chi connectivity index (χ4n) is 4.55. The molecule has 2 aromatic carbocycles. The SMILES string of the molecule is O=C(c1ccc(Cl)c(S(=O)(=O)N2CCOCC2)c1)N1CCCC1c1ccc2c(c1)OCCO2. The molecular weight excluding hydrogens is 468 g/mol. The van der Waals surface area contributed by atoms with Crippen molar-refractivity contribution in [3.63, 3.8) is 0 Å². The number of nitrogens with zero attached hydrogens (tertiary/aromatic N) is 2. The number of morpholine rings is 1. The molecule has 33 heavy (non-hydrogen) atoms. The highest BCUT2D eigenvalue weighted by molar-refractivity contribution is 7.89. The molecule has 2 fully saturated rings. The van der Waals surface area contributed by atoms with Gasteiger partial charge in [-0.2, -0.15) is 4.31 Å². The second kappa shape index (κ2) is 9.13. The van der Waals surface area contributed by atoms with Crippen molar-refractivity contribution >= 4 is 27.5 Å². The van der Waals surface area contributed by atoms with Crippen molar-refractivity contribution in [2.75, 3.05) is 46.1 Å². The molecular formula is C23H25ClN2O6S. The number of amides is 1. The minimum absolute atomic E-state index is 0.0491. The monoisotopic (exact) mass is 492 g/mol. The molecule has 2 saturated heterocycles. The molecule has 1 atom stereocenters. The van der Waals surface area contributed by atoms with Crippen LogP contribution in [-0.2, 0) is 14.8 Å². The number of hydrogen-bond donors (Lipinski definition) is 0. The Kier molecular flexibility index (Phi) is 6.22. The van der Waals surface area contributed by atoms with Crippen LogP contribution in [-0.4, -0.2) is 69.6 Å². The van der Waals surface area contributed by atoms with Crippen LogP contribution in [0.2, 0.25) is 5.02 Å². The van der Waals surface area contributed by atoms with E-state index in [2.05, 4.69) is 0 Å². The van der Waals surface area contributed by atoms with Crippen LogP contribution in [0.3, 0.4) is 0 Å². The molecule has 0 bridgehead atoms. The molecule has 176 valence electrons. The summed E-state index contributed by atoms with van der Waals surface area (Å²) in [5.41, 5.74) is 1.27. The smallest absolute Gasteiger partial charge is 0.254 e. The molecule has 8 nitrogen and oxygen atoms in total. The van der Waals surface area contributed by atoms with Gasteiger partial charge >= 0.3 is 0 Å². The molecule has 0 radical (unpaired) electrons. The summed E-state index contributed by atoms with van der Waals surface area (Å²) in [6.45, 7) is 2.79. The third kappa shape index (κ3) is 4.30. The Morgan fingerprint density at radius 1 is 0.939 bits per heavy atom. The van der Waals surface area contributed by atoms with Crippen LogP contribution in [0.1, 0.15) is 34.8 Å². The third-order valence-electron chi connectivity index (χ3n) is 6.23. The van der Waals surface area contributed by atoms with E-state index in [1.54, 1.807) is 11.0 Å². The molecule has 1 unspecified atom stereocenters. The first-order valence-corrected chi connectivity index (χ1v) is 12.8. The molecule has 3 aliphatic rings. The summed E-state index contributed by atoms with van der Waals surface area (Å²) in [4.78, 5) is 15.2. The Morgan fingerprint density at radius 2 is 1.70 bits per heavy atom. The Hall–Kier alpha value is -2.33. The molecule has 1 amide bonds. The van der Waals surface area contributed by atoms with Crippen LogP contribution >= 0.6 is 11.6 Å². The predicted octanol–water partition coefficient (Wildman–Crippen LogP) is 3.11. The van der Waals surface area contributed by atoms with Crippen LogP contribution in [0, 0.1) is 0 Å². The van der Waals surface area contributed by atoms with Crippen molar-refractivity contribution in [3.05, 3.63) is 52.5 Å². The lowest BCUT2D eigenvalue weighted by Crippen LogP contribution is -2.40. The standard InChI is InChI=1S/C23H25ClN2O6S/c24-18-5-3-17(15-22(18)33(28,29)25-8-10-30-11-9-25)23(27)26-7-1-2-19(26)16-4-6-20-21(14-16)32-13-12-31-20/h3-6,14-15,19H,1-2,7-13H2.